The van der Waals surface area contributed by atoms with E-state index in [1.807, 2.05) is 18.4 Å². The lowest BCUT2D eigenvalue weighted by Crippen LogP contribution is -2.27. The van der Waals surface area contributed by atoms with Crippen LogP contribution in [0.1, 0.15) is 47.2 Å². The van der Waals surface area contributed by atoms with Crippen molar-refractivity contribution in [2.45, 2.75) is 32.9 Å². The fourth-order valence-electron chi connectivity index (χ4n) is 5.94. The first-order valence-electron chi connectivity index (χ1n) is 15.1. The highest BCUT2D eigenvalue weighted by molar-refractivity contribution is 5.92. The number of carboxylic acid groups (broad SMARTS) is 1. The molecule has 1 saturated heterocycles. The number of ether oxygens (including phenoxy) is 2. The lowest BCUT2D eigenvalue weighted by Gasteiger charge is -2.28. The molecule has 3 aromatic heterocycles. The number of hydrogen-bond donors (Lipinski definition) is 1. The van der Waals surface area contributed by atoms with E-state index >= 15 is 8.78 Å². The first-order chi connectivity index (χ1) is 23.1. The van der Waals surface area contributed by atoms with Gasteiger partial charge in [-0.1, -0.05) is 31.2 Å². The van der Waals surface area contributed by atoms with Crippen molar-refractivity contribution < 1.29 is 32.5 Å². The molecule has 0 saturated carbocycles. The van der Waals surface area contributed by atoms with Crippen LogP contribution < -0.4 is 4.74 Å². The highest BCUT2D eigenvalue weighted by atomic mass is 19.1. The Bertz CT molecular complexity index is 2150. The Kier molecular flexibility index (Phi) is 7.91. The van der Waals surface area contributed by atoms with Crippen molar-refractivity contribution in [3.8, 4) is 22.8 Å². The summed E-state index contributed by atoms with van der Waals surface area (Å²) in [5.41, 5.74) is 2.24. The quantitative estimate of drug-likeness (QED) is 0.186. The van der Waals surface area contributed by atoms with Gasteiger partial charge in [-0.05, 0) is 65.7 Å². The normalized spacial score (nSPS) is 15.6. The highest BCUT2D eigenvalue weighted by Crippen LogP contribution is 2.40. The Morgan fingerprint density at radius 3 is 2.52 bits per heavy atom. The van der Waals surface area contributed by atoms with Crippen molar-refractivity contribution in [2.75, 3.05) is 13.2 Å². The molecule has 13 heteroatoms. The topological polar surface area (TPSA) is 117 Å². The van der Waals surface area contributed by atoms with Crippen molar-refractivity contribution in [3.63, 3.8) is 0 Å². The smallest absolute Gasteiger partial charge is 0.335 e. The predicted molar refractivity (Wildman–Crippen MR) is 168 cm³/mol. The van der Waals surface area contributed by atoms with Gasteiger partial charge in [-0.3, -0.25) is 0 Å². The van der Waals surface area contributed by atoms with E-state index < -0.39 is 23.4 Å². The molecule has 0 bridgehead atoms. The number of fused-ring (bicyclic) bond motifs is 1. The second-order valence-corrected chi connectivity index (χ2v) is 12.3. The van der Waals surface area contributed by atoms with E-state index in [-0.39, 0.29) is 52.7 Å². The number of rotatable bonds is 9. The summed E-state index contributed by atoms with van der Waals surface area (Å²) in [5.74, 6) is -3.23. The monoisotopic (exact) mass is 654 g/mol. The average molecular weight is 655 g/mol. The summed E-state index contributed by atoms with van der Waals surface area (Å²) >= 11 is 0. The van der Waals surface area contributed by atoms with Crippen LogP contribution in [0, 0.1) is 22.9 Å². The number of nitrogens with zero attached hydrogens (tertiary/aromatic N) is 6. The lowest BCUT2D eigenvalue weighted by atomic mass is 9.87. The maximum Gasteiger partial charge on any atom is 0.335 e. The number of imidazole rings is 1. The fourth-order valence-corrected chi connectivity index (χ4v) is 5.94. The molecule has 1 fully saturated rings. The van der Waals surface area contributed by atoms with Gasteiger partial charge in [0.05, 0.1) is 59.6 Å². The number of aromatic nitrogens is 6. The number of hydrogen-bond acceptors (Lipinski definition) is 7. The fraction of sp³-hybridized carbons (Fsp3) is 0.229. The average Bonchev–Trinajstić information content (AvgIpc) is 3.81. The first-order valence-corrected chi connectivity index (χ1v) is 15.1. The number of pyridine rings is 1. The SMILES string of the molecule is CC1(C)COCC1n1c(Cc2cc(F)c(-c3ccc(F)c(OCc4ccc(-n5ccnn5)cc4)n3)cc2F)nc2ccc(C(=O)O)cc21. The Hall–Kier alpha value is -5.56. The summed E-state index contributed by atoms with van der Waals surface area (Å²) in [6.45, 7) is 4.87. The van der Waals surface area contributed by atoms with E-state index in [1.54, 1.807) is 47.4 Å². The molecule has 1 atom stereocenters. The zero-order chi connectivity index (χ0) is 33.6. The van der Waals surface area contributed by atoms with Gasteiger partial charge >= 0.3 is 5.97 Å². The van der Waals surface area contributed by atoms with E-state index in [4.69, 9.17) is 14.5 Å². The van der Waals surface area contributed by atoms with E-state index in [9.17, 15) is 14.3 Å². The van der Waals surface area contributed by atoms with Crippen LogP contribution >= 0.6 is 0 Å². The Balaban J connectivity index is 1.16. The standard InChI is InChI=1S/C35H29F3N6O4/c1-35(2)19-47-18-31(35)44-30-14-21(34(45)46)5-9-29(30)40-32(44)15-22-13-27(38)24(16-26(22)37)28-10-8-25(36)33(41-28)48-17-20-3-6-23(7-4-20)43-12-11-39-42-43/h3-14,16,31H,15,17-19H2,1-2H3,(H,45,46). The van der Waals surface area contributed by atoms with Crippen LogP contribution in [0.15, 0.2) is 79.1 Å². The molecule has 0 radical (unpaired) electrons. The third kappa shape index (κ3) is 5.88. The van der Waals surface area contributed by atoms with E-state index in [0.29, 0.717) is 30.1 Å². The predicted octanol–water partition coefficient (Wildman–Crippen LogP) is 6.56. The first kappa shape index (κ1) is 31.1. The zero-order valence-corrected chi connectivity index (χ0v) is 25.9. The van der Waals surface area contributed by atoms with Crippen molar-refractivity contribution in [2.24, 2.45) is 5.41 Å². The van der Waals surface area contributed by atoms with Crippen molar-refractivity contribution in [1.82, 2.24) is 29.5 Å². The largest absolute Gasteiger partial charge is 0.478 e. The van der Waals surface area contributed by atoms with E-state index in [2.05, 4.69) is 15.3 Å². The van der Waals surface area contributed by atoms with Crippen molar-refractivity contribution in [1.29, 1.82) is 0 Å². The van der Waals surface area contributed by atoms with Crippen LogP contribution in [-0.4, -0.2) is 53.8 Å². The van der Waals surface area contributed by atoms with E-state index in [1.165, 1.54) is 18.2 Å². The Labute approximate surface area is 272 Å². The molecule has 1 aliphatic heterocycles. The van der Waals surface area contributed by atoms with Gasteiger partial charge < -0.3 is 19.1 Å². The highest BCUT2D eigenvalue weighted by Gasteiger charge is 2.39. The van der Waals surface area contributed by atoms with Gasteiger partial charge in [0.25, 0.3) is 5.88 Å². The van der Waals surface area contributed by atoms with Crippen molar-refractivity contribution >= 4 is 17.0 Å². The minimum Gasteiger partial charge on any atom is -0.478 e. The van der Waals surface area contributed by atoms with Gasteiger partial charge in [-0.2, -0.15) is 0 Å². The van der Waals surface area contributed by atoms with Crippen LogP contribution in [0.25, 0.3) is 28.0 Å². The van der Waals surface area contributed by atoms with Crippen LogP contribution in [0.3, 0.4) is 0 Å². The molecule has 1 N–H and O–H groups in total. The number of carboxylic acids is 1. The van der Waals surface area contributed by atoms with Crippen LogP contribution in [-0.2, 0) is 17.8 Å². The number of aromatic carboxylic acids is 1. The summed E-state index contributed by atoms with van der Waals surface area (Å²) in [5, 5.41) is 17.3. The summed E-state index contributed by atoms with van der Waals surface area (Å²) in [6, 6.07) is 16.0. The van der Waals surface area contributed by atoms with Gasteiger partial charge in [0, 0.05) is 17.4 Å². The van der Waals surface area contributed by atoms with Gasteiger partial charge in [0.2, 0.25) is 0 Å². The van der Waals surface area contributed by atoms with Gasteiger partial charge in [0.15, 0.2) is 5.82 Å². The molecule has 3 aromatic carbocycles. The van der Waals surface area contributed by atoms with Crippen molar-refractivity contribution in [3.05, 3.63) is 119 Å². The second-order valence-electron chi connectivity index (χ2n) is 12.3. The molecular formula is C35H29F3N6O4. The summed E-state index contributed by atoms with van der Waals surface area (Å²) in [6.07, 6.45) is 3.19. The molecule has 6 aromatic rings. The minimum atomic E-state index is -1.09. The Morgan fingerprint density at radius 1 is 1.00 bits per heavy atom. The third-order valence-electron chi connectivity index (χ3n) is 8.55. The molecule has 0 amide bonds. The number of carbonyl (C=O) groups is 1. The molecule has 4 heterocycles. The lowest BCUT2D eigenvalue weighted by molar-refractivity contribution is 0.0697. The van der Waals surface area contributed by atoms with Crippen LogP contribution in [0.5, 0.6) is 5.88 Å². The molecule has 48 heavy (non-hydrogen) atoms. The van der Waals surface area contributed by atoms with Crippen LogP contribution in [0.4, 0.5) is 13.2 Å². The van der Waals surface area contributed by atoms with Gasteiger partial charge in [-0.15, -0.1) is 5.10 Å². The zero-order valence-electron chi connectivity index (χ0n) is 25.9. The molecule has 1 aliphatic rings. The molecule has 0 aliphatic carbocycles. The summed E-state index contributed by atoms with van der Waals surface area (Å²) in [4.78, 5) is 20.6. The summed E-state index contributed by atoms with van der Waals surface area (Å²) in [7, 11) is 0. The molecule has 0 spiro atoms. The third-order valence-corrected chi connectivity index (χ3v) is 8.55. The second kappa shape index (κ2) is 12.2. The molecular weight excluding hydrogens is 625 g/mol. The summed E-state index contributed by atoms with van der Waals surface area (Å²) < 4.78 is 60.9. The minimum absolute atomic E-state index is 0.00540. The Morgan fingerprint density at radius 2 is 1.81 bits per heavy atom. The van der Waals surface area contributed by atoms with Gasteiger partial charge in [-0.25, -0.2) is 32.6 Å². The molecule has 7 rings (SSSR count). The van der Waals surface area contributed by atoms with Gasteiger partial charge in [0.1, 0.15) is 24.1 Å². The number of benzene rings is 3. The molecule has 1 unspecified atom stereocenters. The number of halogens is 3. The van der Waals surface area contributed by atoms with E-state index in [0.717, 1.165) is 29.4 Å². The molecule has 244 valence electrons. The maximum atomic E-state index is 15.7. The molecule has 10 nitrogen and oxygen atoms in total. The van der Waals surface area contributed by atoms with Crippen LogP contribution in [0.2, 0.25) is 0 Å². The maximum absolute atomic E-state index is 15.7.